The minimum atomic E-state index is -0.388. The van der Waals surface area contributed by atoms with E-state index < -0.39 is 0 Å². The van der Waals surface area contributed by atoms with Gasteiger partial charge in [-0.05, 0) is 31.5 Å². The second-order valence-corrected chi connectivity index (χ2v) is 4.55. The highest BCUT2D eigenvalue weighted by molar-refractivity contribution is 5.47. The quantitative estimate of drug-likeness (QED) is 0.862. The third-order valence-electron chi connectivity index (χ3n) is 3.25. The van der Waals surface area contributed by atoms with Gasteiger partial charge in [-0.1, -0.05) is 12.1 Å². The maximum atomic E-state index is 14.0. The molecule has 1 aromatic carbocycles. The molecular formula is C14H17FN4. The van der Waals surface area contributed by atoms with Crippen LogP contribution in [0.1, 0.15) is 24.2 Å². The summed E-state index contributed by atoms with van der Waals surface area (Å²) in [5.74, 6) is -0.0943. The molecule has 5 heteroatoms. The standard InChI is InChI=1S/C14H17FN4/c1-9-13(15)14(18-8-17-9)19(3)10(2)11-5-4-6-12(16)7-11/h4-8,10H,16H2,1-3H3. The van der Waals surface area contributed by atoms with E-state index in [1.54, 1.807) is 18.9 Å². The average molecular weight is 260 g/mol. The van der Waals surface area contributed by atoms with Gasteiger partial charge in [0.2, 0.25) is 0 Å². The molecule has 0 fully saturated rings. The van der Waals surface area contributed by atoms with Crippen molar-refractivity contribution in [2.75, 3.05) is 17.7 Å². The average Bonchev–Trinajstić information content (AvgIpc) is 2.40. The van der Waals surface area contributed by atoms with Gasteiger partial charge in [0.05, 0.1) is 11.7 Å². The van der Waals surface area contributed by atoms with Crippen LogP contribution < -0.4 is 10.6 Å². The number of nitrogens with zero attached hydrogens (tertiary/aromatic N) is 3. The van der Waals surface area contributed by atoms with E-state index in [4.69, 9.17) is 5.73 Å². The van der Waals surface area contributed by atoms with Gasteiger partial charge in [-0.25, -0.2) is 14.4 Å². The first-order chi connectivity index (χ1) is 9.00. The predicted molar refractivity (Wildman–Crippen MR) is 74.4 cm³/mol. The van der Waals surface area contributed by atoms with Gasteiger partial charge in [0, 0.05) is 12.7 Å². The first-order valence-corrected chi connectivity index (χ1v) is 6.06. The molecule has 1 aromatic heterocycles. The molecule has 2 rings (SSSR count). The molecule has 0 saturated carbocycles. The summed E-state index contributed by atoms with van der Waals surface area (Å²) in [4.78, 5) is 9.63. The number of nitrogens with two attached hydrogens (primary N) is 1. The first-order valence-electron chi connectivity index (χ1n) is 6.06. The lowest BCUT2D eigenvalue weighted by molar-refractivity contribution is 0.585. The number of aryl methyl sites for hydroxylation is 1. The number of rotatable bonds is 3. The number of hydrogen-bond acceptors (Lipinski definition) is 4. The molecule has 1 unspecified atom stereocenters. The Morgan fingerprint density at radius 2 is 2.05 bits per heavy atom. The van der Waals surface area contributed by atoms with Crippen molar-refractivity contribution in [2.45, 2.75) is 19.9 Å². The molecule has 4 nitrogen and oxygen atoms in total. The third-order valence-corrected chi connectivity index (χ3v) is 3.25. The highest BCUT2D eigenvalue weighted by Crippen LogP contribution is 2.26. The molecule has 0 amide bonds. The van der Waals surface area contributed by atoms with Crippen LogP contribution in [-0.2, 0) is 0 Å². The molecule has 0 spiro atoms. The van der Waals surface area contributed by atoms with Gasteiger partial charge in [-0.2, -0.15) is 0 Å². The summed E-state index contributed by atoms with van der Waals surface area (Å²) in [5.41, 5.74) is 7.82. The van der Waals surface area contributed by atoms with Gasteiger partial charge >= 0.3 is 0 Å². The minimum Gasteiger partial charge on any atom is -0.399 e. The molecule has 19 heavy (non-hydrogen) atoms. The molecule has 0 aliphatic heterocycles. The lowest BCUT2D eigenvalue weighted by atomic mass is 10.1. The summed E-state index contributed by atoms with van der Waals surface area (Å²) in [7, 11) is 1.80. The van der Waals surface area contributed by atoms with E-state index in [-0.39, 0.29) is 11.9 Å². The maximum Gasteiger partial charge on any atom is 0.186 e. The van der Waals surface area contributed by atoms with E-state index >= 15 is 0 Å². The van der Waals surface area contributed by atoms with Crippen LogP contribution in [0.4, 0.5) is 15.9 Å². The van der Waals surface area contributed by atoms with Crippen LogP contribution in [0.2, 0.25) is 0 Å². The summed E-state index contributed by atoms with van der Waals surface area (Å²) in [6, 6.07) is 7.52. The van der Waals surface area contributed by atoms with E-state index in [0.717, 1.165) is 5.56 Å². The van der Waals surface area contributed by atoms with Gasteiger partial charge < -0.3 is 10.6 Å². The number of anilines is 2. The third kappa shape index (κ3) is 2.65. The van der Waals surface area contributed by atoms with Gasteiger partial charge in [-0.3, -0.25) is 0 Å². The van der Waals surface area contributed by atoms with Gasteiger partial charge in [0.25, 0.3) is 0 Å². The molecular weight excluding hydrogens is 243 g/mol. The molecule has 2 aromatic rings. The molecule has 0 aliphatic rings. The Balaban J connectivity index is 2.33. The van der Waals surface area contributed by atoms with Crippen LogP contribution >= 0.6 is 0 Å². The fourth-order valence-electron chi connectivity index (χ4n) is 1.92. The molecule has 100 valence electrons. The highest BCUT2D eigenvalue weighted by Gasteiger charge is 2.18. The van der Waals surface area contributed by atoms with Crippen molar-refractivity contribution in [3.05, 3.63) is 47.7 Å². The predicted octanol–water partition coefficient (Wildman–Crippen LogP) is 2.70. The molecule has 0 bridgehead atoms. The summed E-state index contributed by atoms with van der Waals surface area (Å²) in [6.45, 7) is 3.60. The van der Waals surface area contributed by atoms with Crippen molar-refractivity contribution in [1.29, 1.82) is 0 Å². The fourth-order valence-corrected chi connectivity index (χ4v) is 1.92. The van der Waals surface area contributed by atoms with Crippen molar-refractivity contribution in [1.82, 2.24) is 9.97 Å². The zero-order valence-electron chi connectivity index (χ0n) is 11.3. The second-order valence-electron chi connectivity index (χ2n) is 4.55. The van der Waals surface area contributed by atoms with E-state index in [2.05, 4.69) is 9.97 Å². The fraction of sp³-hybridized carbons (Fsp3) is 0.286. The van der Waals surface area contributed by atoms with Crippen molar-refractivity contribution in [2.24, 2.45) is 0 Å². The second kappa shape index (κ2) is 5.22. The summed E-state index contributed by atoms with van der Waals surface area (Å²) < 4.78 is 14.0. The Morgan fingerprint density at radius 1 is 1.32 bits per heavy atom. The SMILES string of the molecule is Cc1ncnc(N(C)C(C)c2cccc(N)c2)c1F. The molecule has 0 saturated heterocycles. The summed E-state index contributed by atoms with van der Waals surface area (Å²) in [6.07, 6.45) is 1.37. The number of benzene rings is 1. The van der Waals surface area contributed by atoms with Gasteiger partial charge in [-0.15, -0.1) is 0 Å². The Labute approximate surface area is 112 Å². The van der Waals surface area contributed by atoms with Crippen LogP contribution in [0.3, 0.4) is 0 Å². The topological polar surface area (TPSA) is 55.0 Å². The lowest BCUT2D eigenvalue weighted by Gasteiger charge is -2.26. The first kappa shape index (κ1) is 13.3. The molecule has 1 heterocycles. The van der Waals surface area contributed by atoms with Crippen LogP contribution in [0.5, 0.6) is 0 Å². The van der Waals surface area contributed by atoms with Crippen molar-refractivity contribution in [3.63, 3.8) is 0 Å². The Kier molecular flexibility index (Phi) is 3.64. The largest absolute Gasteiger partial charge is 0.399 e. The van der Waals surface area contributed by atoms with Crippen molar-refractivity contribution >= 4 is 11.5 Å². The van der Waals surface area contributed by atoms with Gasteiger partial charge in [0.15, 0.2) is 11.6 Å². The number of nitrogen functional groups attached to an aromatic ring is 1. The Morgan fingerprint density at radius 3 is 2.74 bits per heavy atom. The Hall–Kier alpha value is -2.17. The number of aromatic nitrogens is 2. The molecule has 0 aliphatic carbocycles. The van der Waals surface area contributed by atoms with Crippen molar-refractivity contribution < 1.29 is 4.39 Å². The van der Waals surface area contributed by atoms with Crippen LogP contribution in [0, 0.1) is 12.7 Å². The smallest absolute Gasteiger partial charge is 0.186 e. The van der Waals surface area contributed by atoms with E-state index in [9.17, 15) is 4.39 Å². The highest BCUT2D eigenvalue weighted by atomic mass is 19.1. The number of halogens is 1. The Bertz CT molecular complexity index is 585. The lowest BCUT2D eigenvalue weighted by Crippen LogP contribution is -2.24. The van der Waals surface area contributed by atoms with Crippen molar-refractivity contribution in [3.8, 4) is 0 Å². The molecule has 2 N–H and O–H groups in total. The van der Waals surface area contributed by atoms with E-state index in [1.165, 1.54) is 6.33 Å². The number of hydrogen-bond donors (Lipinski definition) is 1. The van der Waals surface area contributed by atoms with Gasteiger partial charge in [0.1, 0.15) is 6.33 Å². The normalized spacial score (nSPS) is 12.2. The zero-order chi connectivity index (χ0) is 14.0. The summed E-state index contributed by atoms with van der Waals surface area (Å²) in [5, 5.41) is 0. The zero-order valence-corrected chi connectivity index (χ0v) is 11.3. The monoisotopic (exact) mass is 260 g/mol. The molecule has 1 atom stereocenters. The van der Waals surface area contributed by atoms with Crippen LogP contribution in [0.15, 0.2) is 30.6 Å². The molecule has 0 radical (unpaired) electrons. The summed E-state index contributed by atoms with van der Waals surface area (Å²) >= 11 is 0. The van der Waals surface area contributed by atoms with E-state index in [1.807, 2.05) is 31.2 Å². The maximum absolute atomic E-state index is 14.0. The minimum absolute atomic E-state index is 0.0349. The van der Waals surface area contributed by atoms with E-state index in [0.29, 0.717) is 17.2 Å². The van der Waals surface area contributed by atoms with Crippen LogP contribution in [-0.4, -0.2) is 17.0 Å². The van der Waals surface area contributed by atoms with Crippen LogP contribution in [0.25, 0.3) is 0 Å².